The van der Waals surface area contributed by atoms with Gasteiger partial charge in [-0.25, -0.2) is 14.4 Å². The number of piperazine rings is 1. The highest BCUT2D eigenvalue weighted by molar-refractivity contribution is 6.11. The molecule has 9 heteroatoms. The van der Waals surface area contributed by atoms with E-state index in [1.54, 1.807) is 17.0 Å². The van der Waals surface area contributed by atoms with Gasteiger partial charge in [0.25, 0.3) is 5.56 Å². The van der Waals surface area contributed by atoms with E-state index in [0.717, 1.165) is 73.4 Å². The Morgan fingerprint density at radius 1 is 0.921 bits per heavy atom. The fraction of sp³-hybridized carbons (Fsp3) is 0.345. The topological polar surface area (TPSA) is 90.3 Å². The molecule has 2 aliphatic rings. The second-order valence-corrected chi connectivity index (χ2v) is 10.4. The Bertz CT molecular complexity index is 1720. The van der Waals surface area contributed by atoms with E-state index in [1.165, 1.54) is 12.1 Å². The summed E-state index contributed by atoms with van der Waals surface area (Å²) in [5.41, 5.74) is 3.05. The van der Waals surface area contributed by atoms with Crippen LogP contribution in [0.25, 0.3) is 32.7 Å². The van der Waals surface area contributed by atoms with Crippen molar-refractivity contribution in [3.63, 3.8) is 0 Å². The molecule has 1 saturated heterocycles. The van der Waals surface area contributed by atoms with Gasteiger partial charge in [-0.1, -0.05) is 37.1 Å². The summed E-state index contributed by atoms with van der Waals surface area (Å²) in [4.78, 5) is 30.9. The minimum Gasteiger partial charge on any atom is -0.391 e. The van der Waals surface area contributed by atoms with E-state index < -0.39 is 6.10 Å². The fourth-order valence-electron chi connectivity index (χ4n) is 6.15. The molecule has 2 fully saturated rings. The van der Waals surface area contributed by atoms with Crippen LogP contribution in [0.1, 0.15) is 31.7 Å². The number of aromatic amines is 1. The number of anilines is 2. The van der Waals surface area contributed by atoms with Crippen molar-refractivity contribution in [2.45, 2.75) is 37.8 Å². The van der Waals surface area contributed by atoms with Crippen molar-refractivity contribution in [2.75, 3.05) is 36.0 Å². The van der Waals surface area contributed by atoms with E-state index >= 15 is 0 Å². The van der Waals surface area contributed by atoms with E-state index in [-0.39, 0.29) is 17.4 Å². The summed E-state index contributed by atoms with van der Waals surface area (Å²) in [6.45, 7) is 2.97. The second kappa shape index (κ2) is 9.09. The van der Waals surface area contributed by atoms with Crippen molar-refractivity contribution in [2.24, 2.45) is 0 Å². The summed E-state index contributed by atoms with van der Waals surface area (Å²) in [5.74, 6) is 0.457. The predicted molar refractivity (Wildman–Crippen MR) is 147 cm³/mol. The Balaban J connectivity index is 1.24. The molecule has 7 rings (SSSR count). The first kappa shape index (κ1) is 23.2. The third-order valence-corrected chi connectivity index (χ3v) is 8.17. The molecule has 1 saturated carbocycles. The molecule has 0 bridgehead atoms. The minimum absolute atomic E-state index is 0.0962. The van der Waals surface area contributed by atoms with Crippen LogP contribution in [0.4, 0.5) is 16.0 Å². The summed E-state index contributed by atoms with van der Waals surface area (Å²) in [6, 6.07) is 14.4. The van der Waals surface area contributed by atoms with Gasteiger partial charge in [0.05, 0.1) is 40.4 Å². The van der Waals surface area contributed by atoms with Gasteiger partial charge < -0.3 is 19.9 Å². The van der Waals surface area contributed by atoms with Gasteiger partial charge in [0.15, 0.2) is 0 Å². The average Bonchev–Trinajstić information content (AvgIpc) is 3.37. The maximum Gasteiger partial charge on any atom is 0.261 e. The SMILES string of the molecule is O=c1c2cc(N3CCN(c4nc5ccc(F)cc5[nH]4)CC3)c3ccccc3c2ncn1[C@H]1CCCC[C@@H]1O. The third-order valence-electron chi connectivity index (χ3n) is 8.17. The lowest BCUT2D eigenvalue weighted by Gasteiger charge is -2.36. The van der Waals surface area contributed by atoms with Gasteiger partial charge in [-0.2, -0.15) is 0 Å². The molecule has 0 amide bonds. The van der Waals surface area contributed by atoms with Gasteiger partial charge in [0, 0.05) is 42.6 Å². The number of rotatable bonds is 3. The van der Waals surface area contributed by atoms with Gasteiger partial charge in [0.2, 0.25) is 5.95 Å². The number of hydrogen-bond acceptors (Lipinski definition) is 6. The van der Waals surface area contributed by atoms with E-state index in [4.69, 9.17) is 4.98 Å². The lowest BCUT2D eigenvalue weighted by atomic mass is 9.92. The summed E-state index contributed by atoms with van der Waals surface area (Å²) in [7, 11) is 0. The van der Waals surface area contributed by atoms with Crippen molar-refractivity contribution in [1.29, 1.82) is 0 Å². The smallest absolute Gasteiger partial charge is 0.261 e. The molecule has 0 unspecified atom stereocenters. The van der Waals surface area contributed by atoms with Gasteiger partial charge in [0.1, 0.15) is 5.82 Å². The minimum atomic E-state index is -0.525. The Morgan fingerprint density at radius 2 is 1.68 bits per heavy atom. The average molecular weight is 513 g/mol. The van der Waals surface area contributed by atoms with Gasteiger partial charge in [-0.15, -0.1) is 0 Å². The molecule has 2 atom stereocenters. The highest BCUT2D eigenvalue weighted by atomic mass is 19.1. The van der Waals surface area contributed by atoms with Crippen LogP contribution < -0.4 is 15.4 Å². The molecule has 0 radical (unpaired) electrons. The number of aromatic nitrogens is 4. The molecule has 1 aliphatic heterocycles. The number of aliphatic hydroxyl groups excluding tert-OH is 1. The van der Waals surface area contributed by atoms with E-state index in [9.17, 15) is 14.3 Å². The Hall–Kier alpha value is -3.98. The molecule has 8 nitrogen and oxygen atoms in total. The van der Waals surface area contributed by atoms with Crippen LogP contribution >= 0.6 is 0 Å². The van der Waals surface area contributed by atoms with Crippen LogP contribution in [0.15, 0.2) is 59.7 Å². The molecule has 194 valence electrons. The molecule has 3 aromatic carbocycles. The molecule has 2 N–H and O–H groups in total. The van der Waals surface area contributed by atoms with Crippen LogP contribution in [0.2, 0.25) is 0 Å². The highest BCUT2D eigenvalue weighted by Crippen LogP contribution is 2.34. The zero-order valence-corrected chi connectivity index (χ0v) is 21.0. The second-order valence-electron chi connectivity index (χ2n) is 10.4. The maximum atomic E-state index is 13.7. The van der Waals surface area contributed by atoms with Crippen LogP contribution in [0.5, 0.6) is 0 Å². The van der Waals surface area contributed by atoms with Crippen molar-refractivity contribution >= 4 is 44.3 Å². The standard InChI is InChI=1S/C29H29FN6O2/c30-18-9-10-22-23(15-18)33-29(32-22)35-13-11-34(12-14-35)25-16-21-27(20-6-2-1-5-19(20)25)31-17-36(28(21)38)24-7-3-4-8-26(24)37/h1-2,5-6,9-10,15-17,24,26,37H,3-4,7-8,11-14H2,(H,32,33)/t24-,26-/m0/s1. The number of aliphatic hydroxyl groups is 1. The molecule has 3 heterocycles. The summed E-state index contributed by atoms with van der Waals surface area (Å²) >= 11 is 0. The maximum absolute atomic E-state index is 13.7. The van der Waals surface area contributed by atoms with Crippen LogP contribution in [-0.4, -0.2) is 56.9 Å². The van der Waals surface area contributed by atoms with Gasteiger partial charge in [-0.05, 0) is 37.1 Å². The number of hydrogen-bond donors (Lipinski definition) is 2. The quantitative estimate of drug-likeness (QED) is 0.349. The molecule has 2 aromatic heterocycles. The van der Waals surface area contributed by atoms with Crippen LogP contribution in [-0.2, 0) is 0 Å². The van der Waals surface area contributed by atoms with Gasteiger partial charge >= 0.3 is 0 Å². The molecule has 1 aliphatic carbocycles. The third kappa shape index (κ3) is 3.80. The van der Waals surface area contributed by atoms with Crippen molar-refractivity contribution in [3.8, 4) is 0 Å². The van der Waals surface area contributed by atoms with Gasteiger partial charge in [-0.3, -0.25) is 9.36 Å². The van der Waals surface area contributed by atoms with Crippen LogP contribution in [0.3, 0.4) is 0 Å². The summed E-state index contributed by atoms with van der Waals surface area (Å²) in [6.07, 6.45) is 4.57. The molecule has 5 aromatic rings. The first-order valence-electron chi connectivity index (χ1n) is 13.3. The fourth-order valence-corrected chi connectivity index (χ4v) is 6.15. The first-order chi connectivity index (χ1) is 18.6. The van der Waals surface area contributed by atoms with Crippen molar-refractivity contribution in [1.82, 2.24) is 19.5 Å². The number of imidazole rings is 1. The number of halogens is 1. The molecular weight excluding hydrogens is 483 g/mol. The van der Waals surface area contributed by atoms with Crippen molar-refractivity contribution in [3.05, 3.63) is 71.0 Å². The van der Waals surface area contributed by atoms with Crippen molar-refractivity contribution < 1.29 is 9.50 Å². The number of nitrogens with zero attached hydrogens (tertiary/aromatic N) is 5. The highest BCUT2D eigenvalue weighted by Gasteiger charge is 2.27. The molecular formula is C29H29FN6O2. The number of fused-ring (bicyclic) bond motifs is 4. The first-order valence-corrected chi connectivity index (χ1v) is 13.3. The molecule has 38 heavy (non-hydrogen) atoms. The zero-order valence-electron chi connectivity index (χ0n) is 21.0. The zero-order chi connectivity index (χ0) is 25.8. The molecule has 0 spiro atoms. The number of H-pyrrole nitrogens is 1. The van der Waals surface area contributed by atoms with E-state index in [1.807, 2.05) is 24.3 Å². The Kier molecular flexibility index (Phi) is 5.54. The number of benzene rings is 3. The van der Waals surface area contributed by atoms with E-state index in [2.05, 4.69) is 25.8 Å². The largest absolute Gasteiger partial charge is 0.391 e. The van der Waals surface area contributed by atoms with Crippen LogP contribution in [0, 0.1) is 5.82 Å². The lowest BCUT2D eigenvalue weighted by molar-refractivity contribution is 0.0735. The normalized spacial score (nSPS) is 20.6. The van der Waals surface area contributed by atoms with E-state index in [0.29, 0.717) is 22.8 Å². The monoisotopic (exact) mass is 512 g/mol. The predicted octanol–water partition coefficient (Wildman–Crippen LogP) is 4.37. The summed E-state index contributed by atoms with van der Waals surface area (Å²) < 4.78 is 15.3. The Labute approximate surface area is 218 Å². The Morgan fingerprint density at radius 3 is 2.50 bits per heavy atom. The summed E-state index contributed by atoms with van der Waals surface area (Å²) in [5, 5.41) is 13.2. The number of nitrogens with one attached hydrogen (secondary N) is 1. The lowest BCUT2D eigenvalue weighted by Crippen LogP contribution is -2.47.